The van der Waals surface area contributed by atoms with E-state index in [1.54, 1.807) is 24.3 Å². The molecule has 0 unspecified atom stereocenters. The summed E-state index contributed by atoms with van der Waals surface area (Å²) in [7, 11) is 0. The molecule has 1 fully saturated rings. The first-order valence-electron chi connectivity index (χ1n) is 9.71. The number of anilines is 1. The molecule has 30 heavy (non-hydrogen) atoms. The van der Waals surface area contributed by atoms with E-state index in [2.05, 4.69) is 42.1 Å². The molecular weight excluding hydrogens is 385 g/mol. The van der Waals surface area contributed by atoms with Crippen molar-refractivity contribution in [1.29, 1.82) is 0 Å². The molecule has 0 amide bonds. The number of benzene rings is 1. The molecule has 1 aliphatic rings. The Labute approximate surface area is 173 Å². The number of aryl methyl sites for hydroxylation is 2. The summed E-state index contributed by atoms with van der Waals surface area (Å²) in [6.45, 7) is 9.19. The minimum absolute atomic E-state index is 0.0138. The Morgan fingerprint density at radius 1 is 1.33 bits per heavy atom. The van der Waals surface area contributed by atoms with Crippen molar-refractivity contribution in [2.75, 3.05) is 25.1 Å². The summed E-state index contributed by atoms with van der Waals surface area (Å²) >= 11 is 0. The number of hydrogen-bond acceptors (Lipinski definition) is 5. The number of rotatable bonds is 7. The van der Waals surface area contributed by atoms with Crippen LogP contribution in [0.25, 0.3) is 10.9 Å². The van der Waals surface area contributed by atoms with E-state index < -0.39 is 5.82 Å². The number of aliphatic imine (C=N–C) groups is 2. The Hall–Kier alpha value is -3.62. The van der Waals surface area contributed by atoms with Gasteiger partial charge in [-0.1, -0.05) is 0 Å². The van der Waals surface area contributed by atoms with Crippen LogP contribution in [0.1, 0.15) is 17.8 Å². The standard InChI is InChI=1S/C21H24FN7O/c1-13-9-15-16(25-13)5-6-17(21(15)22)30-12-24-20(29-7-4-8-29)11-18(23-3)26-19-10-14(2)27-28-19/h5-6,9-11,25H,3-4,7-8,12H2,1-2H3,(H2,26,27,28)/b18-11+,24-20+. The number of nitrogens with one attached hydrogen (secondary N) is 3. The van der Waals surface area contributed by atoms with Crippen LogP contribution in [0.15, 0.2) is 46.1 Å². The monoisotopic (exact) mass is 409 g/mol. The lowest BCUT2D eigenvalue weighted by molar-refractivity contribution is 0.286. The largest absolute Gasteiger partial charge is 0.468 e. The second-order valence-corrected chi connectivity index (χ2v) is 7.17. The summed E-state index contributed by atoms with van der Waals surface area (Å²) < 4.78 is 20.3. The molecule has 3 N–H and O–H groups in total. The lowest BCUT2D eigenvalue weighted by Crippen LogP contribution is -2.41. The Kier molecular flexibility index (Phi) is 5.51. The normalized spacial score (nSPS) is 14.7. The SMILES string of the molecule is C=N/C(=C\C(=N/COc1ccc2[nH]c(C)cc2c1F)N1CCC1)Nc1cc(C)[nH]n1. The maximum absolute atomic E-state index is 14.7. The third-order valence-electron chi connectivity index (χ3n) is 4.86. The second kappa shape index (κ2) is 8.40. The van der Waals surface area contributed by atoms with Crippen LogP contribution in [0.3, 0.4) is 0 Å². The molecule has 0 radical (unpaired) electrons. The zero-order valence-electron chi connectivity index (χ0n) is 17.0. The van der Waals surface area contributed by atoms with E-state index in [4.69, 9.17) is 4.74 Å². The third-order valence-corrected chi connectivity index (χ3v) is 4.86. The third kappa shape index (κ3) is 4.19. The highest BCUT2D eigenvalue weighted by molar-refractivity contribution is 5.94. The highest BCUT2D eigenvalue weighted by Crippen LogP contribution is 2.27. The van der Waals surface area contributed by atoms with Crippen molar-refractivity contribution in [3.63, 3.8) is 0 Å². The molecule has 156 valence electrons. The van der Waals surface area contributed by atoms with Gasteiger partial charge in [0.1, 0.15) is 11.7 Å². The molecule has 3 aromatic rings. The molecule has 4 rings (SSSR count). The van der Waals surface area contributed by atoms with E-state index in [9.17, 15) is 4.39 Å². The van der Waals surface area contributed by atoms with Gasteiger partial charge in [0.05, 0.1) is 0 Å². The lowest BCUT2D eigenvalue weighted by Gasteiger charge is -2.33. The molecule has 0 spiro atoms. The predicted octanol–water partition coefficient (Wildman–Crippen LogP) is 3.74. The van der Waals surface area contributed by atoms with Gasteiger partial charge in [-0.2, -0.15) is 5.10 Å². The molecule has 9 heteroatoms. The fraction of sp³-hybridized carbons (Fsp3) is 0.286. The molecule has 1 aromatic carbocycles. The van der Waals surface area contributed by atoms with Crippen molar-refractivity contribution in [3.8, 4) is 5.75 Å². The number of hydrogen-bond donors (Lipinski definition) is 3. The van der Waals surface area contributed by atoms with Crippen molar-refractivity contribution in [1.82, 2.24) is 20.1 Å². The smallest absolute Gasteiger partial charge is 0.181 e. The zero-order valence-corrected chi connectivity index (χ0v) is 17.0. The maximum atomic E-state index is 14.7. The van der Waals surface area contributed by atoms with E-state index in [1.165, 1.54) is 0 Å². The summed E-state index contributed by atoms with van der Waals surface area (Å²) in [5.74, 6) is 1.63. The summed E-state index contributed by atoms with van der Waals surface area (Å²) in [4.78, 5) is 13.8. The lowest BCUT2D eigenvalue weighted by atomic mass is 10.2. The number of fused-ring (bicyclic) bond motifs is 1. The topological polar surface area (TPSA) is 93.7 Å². The van der Waals surface area contributed by atoms with Gasteiger partial charge in [0.15, 0.2) is 24.1 Å². The van der Waals surface area contributed by atoms with Crippen LogP contribution in [-0.4, -0.2) is 52.5 Å². The van der Waals surface area contributed by atoms with Crippen molar-refractivity contribution in [2.24, 2.45) is 9.98 Å². The quantitative estimate of drug-likeness (QED) is 0.409. The molecule has 0 atom stereocenters. The van der Waals surface area contributed by atoms with Gasteiger partial charge in [-0.05, 0) is 45.2 Å². The number of likely N-dealkylation sites (tertiary alicyclic amines) is 1. The van der Waals surface area contributed by atoms with E-state index >= 15 is 0 Å². The van der Waals surface area contributed by atoms with Gasteiger partial charge in [0.2, 0.25) is 0 Å². The van der Waals surface area contributed by atoms with Gasteiger partial charge in [-0.25, -0.2) is 14.4 Å². The fourth-order valence-electron chi connectivity index (χ4n) is 3.21. The van der Waals surface area contributed by atoms with E-state index in [0.717, 1.165) is 36.4 Å². The molecule has 3 heterocycles. The number of halogens is 1. The Morgan fingerprint density at radius 2 is 2.17 bits per heavy atom. The zero-order chi connectivity index (χ0) is 21.1. The van der Waals surface area contributed by atoms with Crippen LogP contribution in [0.2, 0.25) is 0 Å². The highest BCUT2D eigenvalue weighted by atomic mass is 19.1. The summed E-state index contributed by atoms with van der Waals surface area (Å²) in [5.41, 5.74) is 2.57. The molecule has 8 nitrogen and oxygen atoms in total. The number of H-pyrrole nitrogens is 2. The van der Waals surface area contributed by atoms with Crippen molar-refractivity contribution >= 4 is 29.3 Å². The van der Waals surface area contributed by atoms with Crippen LogP contribution < -0.4 is 10.1 Å². The minimum Gasteiger partial charge on any atom is -0.468 e. The molecule has 0 saturated carbocycles. The van der Waals surface area contributed by atoms with Crippen LogP contribution in [-0.2, 0) is 0 Å². The van der Waals surface area contributed by atoms with Crippen LogP contribution in [0.4, 0.5) is 10.2 Å². The first kappa shape index (κ1) is 19.7. The molecular formula is C21H24FN7O. The van der Waals surface area contributed by atoms with Gasteiger partial charge in [-0.3, -0.25) is 5.10 Å². The first-order chi connectivity index (χ1) is 14.5. The van der Waals surface area contributed by atoms with Crippen molar-refractivity contribution in [3.05, 3.63) is 53.4 Å². The van der Waals surface area contributed by atoms with E-state index in [1.807, 2.05) is 19.9 Å². The van der Waals surface area contributed by atoms with E-state index in [-0.39, 0.29) is 12.5 Å². The Balaban J connectivity index is 1.50. The average molecular weight is 409 g/mol. The van der Waals surface area contributed by atoms with Gasteiger partial charge in [0.25, 0.3) is 0 Å². The van der Waals surface area contributed by atoms with Crippen molar-refractivity contribution < 1.29 is 9.13 Å². The maximum Gasteiger partial charge on any atom is 0.181 e. The summed E-state index contributed by atoms with van der Waals surface area (Å²) in [6, 6.07) is 7.04. The average Bonchev–Trinajstić information content (AvgIpc) is 3.26. The first-order valence-corrected chi connectivity index (χ1v) is 9.71. The summed E-state index contributed by atoms with van der Waals surface area (Å²) in [5, 5.41) is 10.6. The number of aromatic amines is 2. The molecule has 1 aliphatic heterocycles. The van der Waals surface area contributed by atoms with E-state index in [0.29, 0.717) is 22.9 Å². The summed E-state index contributed by atoms with van der Waals surface area (Å²) in [6.07, 6.45) is 2.88. The van der Waals surface area contributed by atoms with Gasteiger partial charge in [-0.15, -0.1) is 0 Å². The van der Waals surface area contributed by atoms with Crippen LogP contribution >= 0.6 is 0 Å². The molecule has 0 aliphatic carbocycles. The van der Waals surface area contributed by atoms with Crippen LogP contribution in [0, 0.1) is 19.7 Å². The number of ether oxygens (including phenoxy) is 1. The number of aromatic nitrogens is 3. The predicted molar refractivity (Wildman–Crippen MR) is 117 cm³/mol. The minimum atomic E-state index is -0.392. The number of nitrogens with zero attached hydrogens (tertiary/aromatic N) is 4. The highest BCUT2D eigenvalue weighted by Gasteiger charge is 2.18. The molecule has 0 bridgehead atoms. The van der Waals surface area contributed by atoms with Crippen molar-refractivity contribution in [2.45, 2.75) is 20.3 Å². The molecule has 1 saturated heterocycles. The van der Waals surface area contributed by atoms with Crippen LogP contribution in [0.5, 0.6) is 5.75 Å². The van der Waals surface area contributed by atoms with Gasteiger partial charge >= 0.3 is 0 Å². The Bertz CT molecular complexity index is 1120. The second-order valence-electron chi connectivity index (χ2n) is 7.17. The number of amidine groups is 1. The molecule has 2 aromatic heterocycles. The Morgan fingerprint density at radius 3 is 2.83 bits per heavy atom. The van der Waals surface area contributed by atoms with Gasteiger partial charge < -0.3 is 19.9 Å². The van der Waals surface area contributed by atoms with Gasteiger partial charge in [0, 0.05) is 47.5 Å². The fourth-order valence-corrected chi connectivity index (χ4v) is 3.21.